The second kappa shape index (κ2) is 14.7. The molecule has 3 rings (SSSR count). The van der Waals surface area contributed by atoms with E-state index in [9.17, 15) is 27.6 Å². The van der Waals surface area contributed by atoms with E-state index in [1.54, 1.807) is 31.2 Å². The van der Waals surface area contributed by atoms with Crippen LogP contribution in [0.2, 0.25) is 0 Å². The minimum absolute atomic E-state index is 0. The number of rotatable bonds is 11. The summed E-state index contributed by atoms with van der Waals surface area (Å²) in [7, 11) is 0. The van der Waals surface area contributed by atoms with Crippen molar-refractivity contribution in [3.8, 4) is 5.75 Å². The highest BCUT2D eigenvalue weighted by Gasteiger charge is 2.33. The maximum absolute atomic E-state index is 13.9. The Morgan fingerprint density at radius 2 is 1.75 bits per heavy atom. The van der Waals surface area contributed by atoms with Crippen LogP contribution in [-0.4, -0.2) is 53.8 Å². The molecule has 1 aliphatic heterocycles. The first-order valence-electron chi connectivity index (χ1n) is 12.5. The maximum atomic E-state index is 13.9. The van der Waals surface area contributed by atoms with Crippen molar-refractivity contribution in [1.82, 2.24) is 5.01 Å². The molecule has 0 bridgehead atoms. The van der Waals surface area contributed by atoms with E-state index >= 15 is 0 Å². The molecule has 3 atom stereocenters. The molecule has 1 unspecified atom stereocenters. The van der Waals surface area contributed by atoms with E-state index in [2.05, 4.69) is 10.4 Å². The number of ether oxygens (including phenoxy) is 2. The highest BCUT2D eigenvalue weighted by Crippen LogP contribution is 2.22. The molecular formula is C27H32ClF3N4O5. The smallest absolute Gasteiger partial charge is 0.347 e. The molecule has 9 nitrogen and oxygen atoms in total. The number of carbonyl (C=O) groups excluding carboxylic acids is 3. The number of hydrogen-bond donors (Lipinski definition) is 2. The normalized spacial score (nSPS) is 15.8. The van der Waals surface area contributed by atoms with E-state index in [4.69, 9.17) is 15.2 Å². The summed E-state index contributed by atoms with van der Waals surface area (Å²) >= 11 is 0. The predicted octanol–water partition coefficient (Wildman–Crippen LogP) is 3.98. The first-order valence-corrected chi connectivity index (χ1v) is 12.5. The largest absolute Gasteiger partial charge is 0.478 e. The van der Waals surface area contributed by atoms with E-state index in [-0.39, 0.29) is 49.8 Å². The van der Waals surface area contributed by atoms with Gasteiger partial charge < -0.3 is 20.5 Å². The van der Waals surface area contributed by atoms with Crippen molar-refractivity contribution in [3.05, 3.63) is 59.4 Å². The van der Waals surface area contributed by atoms with Gasteiger partial charge >= 0.3 is 5.97 Å². The summed E-state index contributed by atoms with van der Waals surface area (Å²) < 4.78 is 51.4. The molecule has 40 heavy (non-hydrogen) atoms. The molecule has 3 N–H and O–H groups in total. The minimum Gasteiger partial charge on any atom is -0.478 e. The molecule has 0 spiro atoms. The zero-order valence-corrected chi connectivity index (χ0v) is 23.1. The van der Waals surface area contributed by atoms with Crippen molar-refractivity contribution in [2.45, 2.75) is 58.2 Å². The Balaban J connectivity index is 0.00000560. The van der Waals surface area contributed by atoms with Gasteiger partial charge in [0, 0.05) is 42.8 Å². The summed E-state index contributed by atoms with van der Waals surface area (Å²) in [5, 5.41) is 7.68. The number of nitrogens with two attached hydrogens (primary N) is 1. The number of carbonyl (C=O) groups is 3. The topological polar surface area (TPSA) is 123 Å². The lowest BCUT2D eigenvalue weighted by Crippen LogP contribution is -2.43. The second-order valence-electron chi connectivity index (χ2n) is 9.36. The Morgan fingerprint density at radius 3 is 2.38 bits per heavy atom. The molecule has 0 aliphatic carbocycles. The highest BCUT2D eigenvalue weighted by molar-refractivity contribution is 5.99. The van der Waals surface area contributed by atoms with Crippen LogP contribution >= 0.6 is 12.4 Å². The lowest BCUT2D eigenvalue weighted by Gasteiger charge is -2.23. The van der Waals surface area contributed by atoms with Crippen molar-refractivity contribution in [2.75, 3.05) is 11.9 Å². The molecule has 1 aliphatic rings. The van der Waals surface area contributed by atoms with Gasteiger partial charge in [0.15, 0.2) is 17.7 Å². The Labute approximate surface area is 236 Å². The van der Waals surface area contributed by atoms with Crippen LogP contribution in [0.25, 0.3) is 0 Å². The summed E-state index contributed by atoms with van der Waals surface area (Å²) in [6.45, 7) is 5.61. The molecule has 0 aromatic heterocycles. The van der Waals surface area contributed by atoms with E-state index in [0.29, 0.717) is 23.6 Å². The number of amides is 2. The quantitative estimate of drug-likeness (QED) is 0.304. The van der Waals surface area contributed by atoms with Crippen LogP contribution in [-0.2, 0) is 25.5 Å². The van der Waals surface area contributed by atoms with Crippen LogP contribution in [0, 0.1) is 23.4 Å². The van der Waals surface area contributed by atoms with Gasteiger partial charge in [-0.15, -0.1) is 12.4 Å². The standard InChI is InChI=1S/C27H31F3N4O5.ClH/c1-4-38-27(37)25(15(2)3)39-19-7-5-18(6-8-19)33-26(36)23-9-10-32-34(23)24(35)13-17(31)11-16-12-21(29)22(30)14-20(16)28;/h5-8,10,12,14-15,17,23,25H,4,9,11,13,31H2,1-3H3,(H,33,36);1H/t17-,23?,25-;/m1./s1. The summed E-state index contributed by atoms with van der Waals surface area (Å²) in [5.74, 6) is -4.77. The molecule has 218 valence electrons. The van der Waals surface area contributed by atoms with Crippen LogP contribution in [0.5, 0.6) is 5.75 Å². The molecule has 2 aromatic carbocycles. The third-order valence-electron chi connectivity index (χ3n) is 5.91. The molecule has 1 heterocycles. The SMILES string of the molecule is CCOC(=O)[C@H](Oc1ccc(NC(=O)C2CC=NN2C(=O)C[C@H](N)Cc2cc(F)c(F)cc2F)cc1)C(C)C.Cl. The van der Waals surface area contributed by atoms with Crippen molar-refractivity contribution in [3.63, 3.8) is 0 Å². The average molecular weight is 585 g/mol. The third-order valence-corrected chi connectivity index (χ3v) is 5.91. The maximum Gasteiger partial charge on any atom is 0.347 e. The van der Waals surface area contributed by atoms with Crippen LogP contribution in [0.4, 0.5) is 18.9 Å². The number of nitrogens with one attached hydrogen (secondary N) is 1. The first kappa shape index (κ1) is 32.6. The fourth-order valence-electron chi connectivity index (χ4n) is 3.93. The van der Waals surface area contributed by atoms with E-state index < -0.39 is 53.4 Å². The van der Waals surface area contributed by atoms with Crippen molar-refractivity contribution in [1.29, 1.82) is 0 Å². The fraction of sp³-hybridized carbons (Fsp3) is 0.407. The van der Waals surface area contributed by atoms with Gasteiger partial charge in [-0.1, -0.05) is 13.8 Å². The van der Waals surface area contributed by atoms with Gasteiger partial charge in [0.25, 0.3) is 0 Å². The number of anilines is 1. The molecule has 2 aromatic rings. The Hall–Kier alpha value is -3.64. The van der Waals surface area contributed by atoms with Gasteiger partial charge in [-0.05, 0) is 49.2 Å². The Bertz CT molecular complexity index is 1230. The van der Waals surface area contributed by atoms with E-state index in [0.717, 1.165) is 5.01 Å². The number of nitrogens with zero attached hydrogens (tertiary/aromatic N) is 2. The second-order valence-corrected chi connectivity index (χ2v) is 9.36. The number of hydrogen-bond acceptors (Lipinski definition) is 7. The number of benzene rings is 2. The minimum atomic E-state index is -1.32. The summed E-state index contributed by atoms with van der Waals surface area (Å²) in [6, 6.07) is 5.63. The van der Waals surface area contributed by atoms with Gasteiger partial charge in [-0.25, -0.2) is 23.0 Å². The van der Waals surface area contributed by atoms with Gasteiger partial charge in [0.1, 0.15) is 17.6 Å². The van der Waals surface area contributed by atoms with Gasteiger partial charge in [-0.2, -0.15) is 5.10 Å². The van der Waals surface area contributed by atoms with Crippen LogP contribution in [0.1, 0.15) is 39.2 Å². The molecule has 0 fully saturated rings. The molecule has 0 saturated heterocycles. The average Bonchev–Trinajstić information content (AvgIpc) is 3.37. The number of halogens is 4. The lowest BCUT2D eigenvalue weighted by atomic mass is 10.0. The number of hydrazone groups is 1. The lowest BCUT2D eigenvalue weighted by molar-refractivity contribution is -0.153. The van der Waals surface area contributed by atoms with Crippen molar-refractivity contribution < 1.29 is 37.0 Å². The monoisotopic (exact) mass is 584 g/mol. The van der Waals surface area contributed by atoms with Gasteiger partial charge in [-0.3, -0.25) is 9.59 Å². The molecule has 2 amide bonds. The molecule has 13 heteroatoms. The Morgan fingerprint density at radius 1 is 1.10 bits per heavy atom. The zero-order chi connectivity index (χ0) is 28.7. The zero-order valence-electron chi connectivity index (χ0n) is 22.2. The fourth-order valence-corrected chi connectivity index (χ4v) is 3.93. The van der Waals surface area contributed by atoms with Crippen molar-refractivity contribution >= 4 is 42.1 Å². The summed E-state index contributed by atoms with van der Waals surface area (Å²) in [5.41, 5.74) is 6.22. The highest BCUT2D eigenvalue weighted by atomic mass is 35.5. The molecule has 0 radical (unpaired) electrons. The van der Waals surface area contributed by atoms with Crippen LogP contribution in [0.3, 0.4) is 0 Å². The van der Waals surface area contributed by atoms with Crippen LogP contribution < -0.4 is 15.8 Å². The summed E-state index contributed by atoms with van der Waals surface area (Å²) in [6.07, 6.45) is 0.280. The molecule has 0 saturated carbocycles. The first-order chi connectivity index (χ1) is 18.5. The van der Waals surface area contributed by atoms with E-state index in [1.165, 1.54) is 6.21 Å². The summed E-state index contributed by atoms with van der Waals surface area (Å²) in [4.78, 5) is 37.8. The Kier molecular flexibility index (Phi) is 11.9. The van der Waals surface area contributed by atoms with Crippen LogP contribution in [0.15, 0.2) is 41.5 Å². The van der Waals surface area contributed by atoms with Gasteiger partial charge in [0.05, 0.1) is 6.61 Å². The predicted molar refractivity (Wildman–Crippen MR) is 145 cm³/mol. The third kappa shape index (κ3) is 8.43. The molecular weight excluding hydrogens is 553 g/mol. The van der Waals surface area contributed by atoms with E-state index in [1.807, 2.05) is 13.8 Å². The van der Waals surface area contributed by atoms with Gasteiger partial charge in [0.2, 0.25) is 11.8 Å². The van der Waals surface area contributed by atoms with Crippen molar-refractivity contribution in [2.24, 2.45) is 16.8 Å². The number of esters is 1.